The van der Waals surface area contributed by atoms with E-state index >= 15 is 0 Å². The Morgan fingerprint density at radius 1 is 1.14 bits per heavy atom. The summed E-state index contributed by atoms with van der Waals surface area (Å²) in [4.78, 5) is 12.0. The average Bonchev–Trinajstić information content (AvgIpc) is 2.44. The van der Waals surface area contributed by atoms with Crippen LogP contribution in [-0.4, -0.2) is 16.8 Å². The molecule has 21 heavy (non-hydrogen) atoms. The molecule has 0 saturated heterocycles. The molecule has 1 rings (SSSR count). The Labute approximate surface area is 131 Å². The van der Waals surface area contributed by atoms with E-state index in [1.54, 1.807) is 0 Å². The van der Waals surface area contributed by atoms with Crippen LogP contribution in [0, 0.1) is 0 Å². The van der Waals surface area contributed by atoms with E-state index in [2.05, 4.69) is 21.2 Å². The van der Waals surface area contributed by atoms with Crippen molar-refractivity contribution in [3.05, 3.63) is 35.4 Å². The first-order valence-electron chi connectivity index (χ1n) is 6.79. The molecular formula is C15H19BrF3NO. The van der Waals surface area contributed by atoms with Crippen molar-refractivity contribution in [2.75, 3.05) is 5.33 Å². The minimum absolute atomic E-state index is 0.0763. The summed E-state index contributed by atoms with van der Waals surface area (Å²) < 4.78 is 37.4. The minimum Gasteiger partial charge on any atom is -0.350 e. The zero-order valence-corrected chi connectivity index (χ0v) is 13.6. The zero-order valence-electron chi connectivity index (χ0n) is 12.1. The summed E-state index contributed by atoms with van der Waals surface area (Å²) in [6, 6.07) is 4.69. The number of hydrogen-bond donors (Lipinski definition) is 1. The molecule has 0 aliphatic heterocycles. The maximum Gasteiger partial charge on any atom is 0.416 e. The Morgan fingerprint density at radius 3 is 2.05 bits per heavy atom. The highest BCUT2D eigenvalue weighted by atomic mass is 79.9. The predicted molar refractivity (Wildman–Crippen MR) is 80.4 cm³/mol. The van der Waals surface area contributed by atoms with E-state index in [1.165, 1.54) is 12.1 Å². The third-order valence-electron chi connectivity index (χ3n) is 3.66. The van der Waals surface area contributed by atoms with Gasteiger partial charge in [0.1, 0.15) is 0 Å². The first kappa shape index (κ1) is 18.0. The number of hydrogen-bond acceptors (Lipinski definition) is 1. The van der Waals surface area contributed by atoms with Gasteiger partial charge in [-0.2, -0.15) is 13.2 Å². The van der Waals surface area contributed by atoms with E-state index in [1.807, 2.05) is 13.8 Å². The van der Waals surface area contributed by atoms with Gasteiger partial charge in [0.05, 0.1) is 12.0 Å². The quantitative estimate of drug-likeness (QED) is 0.747. The number of halogens is 4. The second-order valence-corrected chi connectivity index (χ2v) is 5.60. The number of alkyl halides is 4. The van der Waals surface area contributed by atoms with Crippen molar-refractivity contribution in [2.24, 2.45) is 0 Å². The van der Waals surface area contributed by atoms with Crippen molar-refractivity contribution >= 4 is 21.8 Å². The van der Waals surface area contributed by atoms with Crippen molar-refractivity contribution in [3.8, 4) is 0 Å². The van der Waals surface area contributed by atoms with Gasteiger partial charge in [-0.05, 0) is 30.5 Å². The molecule has 0 spiro atoms. The van der Waals surface area contributed by atoms with Gasteiger partial charge in [0.2, 0.25) is 5.91 Å². The number of rotatable bonds is 6. The number of carbonyl (C=O) groups excluding carboxylic acids is 1. The highest BCUT2D eigenvalue weighted by Gasteiger charge is 2.30. The number of carbonyl (C=O) groups is 1. The fourth-order valence-corrected chi connectivity index (χ4v) is 2.92. The normalized spacial score (nSPS) is 12.3. The molecule has 0 aliphatic rings. The van der Waals surface area contributed by atoms with E-state index in [9.17, 15) is 18.0 Å². The number of nitrogens with one attached hydrogen (secondary N) is 1. The molecule has 6 heteroatoms. The summed E-state index contributed by atoms with van der Waals surface area (Å²) in [6.45, 7) is 3.98. The number of benzene rings is 1. The zero-order chi connectivity index (χ0) is 16.1. The first-order chi connectivity index (χ1) is 9.76. The van der Waals surface area contributed by atoms with Crippen LogP contribution in [-0.2, 0) is 17.4 Å². The molecule has 2 nitrogen and oxygen atoms in total. The van der Waals surface area contributed by atoms with Crippen LogP contribution in [0.5, 0.6) is 0 Å². The van der Waals surface area contributed by atoms with Crippen molar-refractivity contribution in [2.45, 2.75) is 44.8 Å². The highest BCUT2D eigenvalue weighted by Crippen LogP contribution is 2.29. The molecule has 0 bridgehead atoms. The van der Waals surface area contributed by atoms with Crippen LogP contribution >= 0.6 is 15.9 Å². The van der Waals surface area contributed by atoms with Crippen LogP contribution in [0.25, 0.3) is 0 Å². The van der Waals surface area contributed by atoms with Crippen molar-refractivity contribution in [3.63, 3.8) is 0 Å². The van der Waals surface area contributed by atoms with E-state index in [0.29, 0.717) is 10.9 Å². The summed E-state index contributed by atoms with van der Waals surface area (Å²) in [5, 5.41) is 3.61. The SMILES string of the molecule is CCC(CC)(CBr)NC(=O)Cc1ccc(C(F)(F)F)cc1. The molecule has 1 aromatic rings. The Hall–Kier alpha value is -1.04. The summed E-state index contributed by atoms with van der Waals surface area (Å²) in [5.41, 5.74) is -0.442. The molecule has 118 valence electrons. The van der Waals surface area contributed by atoms with Crippen molar-refractivity contribution in [1.29, 1.82) is 0 Å². The summed E-state index contributed by atoms with van der Waals surface area (Å²) in [6.07, 6.45) is -2.70. The van der Waals surface area contributed by atoms with Gasteiger partial charge in [0.25, 0.3) is 0 Å². The monoisotopic (exact) mass is 365 g/mol. The Morgan fingerprint density at radius 2 is 1.67 bits per heavy atom. The molecular weight excluding hydrogens is 347 g/mol. The largest absolute Gasteiger partial charge is 0.416 e. The smallest absolute Gasteiger partial charge is 0.350 e. The second kappa shape index (κ2) is 7.29. The topological polar surface area (TPSA) is 29.1 Å². The lowest BCUT2D eigenvalue weighted by Gasteiger charge is -2.31. The van der Waals surface area contributed by atoms with Crippen LogP contribution in [0.2, 0.25) is 0 Å². The van der Waals surface area contributed by atoms with Gasteiger partial charge in [-0.25, -0.2) is 0 Å². The lowest BCUT2D eigenvalue weighted by atomic mass is 9.95. The summed E-state index contributed by atoms with van der Waals surface area (Å²) >= 11 is 3.40. The van der Waals surface area contributed by atoms with Crippen molar-refractivity contribution in [1.82, 2.24) is 5.32 Å². The second-order valence-electron chi connectivity index (χ2n) is 5.04. The average molecular weight is 366 g/mol. The molecule has 0 unspecified atom stereocenters. The van der Waals surface area contributed by atoms with Gasteiger partial charge in [-0.3, -0.25) is 4.79 Å². The molecule has 1 N–H and O–H groups in total. The van der Waals surface area contributed by atoms with E-state index < -0.39 is 11.7 Å². The summed E-state index contributed by atoms with van der Waals surface area (Å²) in [5.74, 6) is -0.182. The van der Waals surface area contributed by atoms with Gasteiger partial charge < -0.3 is 5.32 Å². The van der Waals surface area contributed by atoms with Crippen LogP contribution < -0.4 is 5.32 Å². The minimum atomic E-state index is -4.35. The van der Waals surface area contributed by atoms with Crippen LogP contribution in [0.3, 0.4) is 0 Å². The Balaban J connectivity index is 2.71. The van der Waals surface area contributed by atoms with Gasteiger partial charge >= 0.3 is 6.18 Å². The predicted octanol–water partition coefficient (Wildman–Crippen LogP) is 4.32. The Kier molecular flexibility index (Phi) is 6.25. The van der Waals surface area contributed by atoms with Crippen LogP contribution in [0.15, 0.2) is 24.3 Å². The third kappa shape index (κ3) is 5.02. The molecule has 0 atom stereocenters. The van der Waals surface area contributed by atoms with Gasteiger partial charge in [0.15, 0.2) is 0 Å². The maximum absolute atomic E-state index is 12.5. The lowest BCUT2D eigenvalue weighted by Crippen LogP contribution is -2.49. The molecule has 0 aromatic heterocycles. The molecule has 0 fully saturated rings. The van der Waals surface area contributed by atoms with Gasteiger partial charge in [-0.15, -0.1) is 0 Å². The van der Waals surface area contributed by atoms with Crippen LogP contribution in [0.1, 0.15) is 37.8 Å². The van der Waals surface area contributed by atoms with Gasteiger partial charge in [-0.1, -0.05) is 41.9 Å². The lowest BCUT2D eigenvalue weighted by molar-refractivity contribution is -0.137. The first-order valence-corrected chi connectivity index (χ1v) is 7.91. The number of amides is 1. The molecule has 0 radical (unpaired) electrons. The Bertz CT molecular complexity index is 459. The summed E-state index contributed by atoms with van der Waals surface area (Å²) in [7, 11) is 0. The van der Waals surface area contributed by atoms with Gasteiger partial charge in [0, 0.05) is 10.9 Å². The van der Waals surface area contributed by atoms with Crippen molar-refractivity contribution < 1.29 is 18.0 Å². The molecule has 0 aliphatic carbocycles. The highest BCUT2D eigenvalue weighted by molar-refractivity contribution is 9.09. The molecule has 0 saturated carbocycles. The van der Waals surface area contributed by atoms with E-state index in [4.69, 9.17) is 0 Å². The van der Waals surface area contributed by atoms with E-state index in [-0.39, 0.29) is 17.9 Å². The van der Waals surface area contributed by atoms with E-state index in [0.717, 1.165) is 25.0 Å². The fourth-order valence-electron chi connectivity index (χ4n) is 1.99. The molecule has 0 heterocycles. The maximum atomic E-state index is 12.5. The molecule has 1 amide bonds. The standard InChI is InChI=1S/C15H19BrF3NO/c1-3-14(4-2,10-16)20-13(21)9-11-5-7-12(8-6-11)15(17,18)19/h5-8H,3-4,9-10H2,1-2H3,(H,20,21). The fraction of sp³-hybridized carbons (Fsp3) is 0.533. The third-order valence-corrected chi connectivity index (χ3v) is 4.73. The molecule has 1 aromatic carbocycles. The van der Waals surface area contributed by atoms with Crippen LogP contribution in [0.4, 0.5) is 13.2 Å².